The molecule has 8 aromatic heterocycles. The summed E-state index contributed by atoms with van der Waals surface area (Å²) < 4.78 is 8.02. The monoisotopic (exact) mass is 730 g/mol. The summed E-state index contributed by atoms with van der Waals surface area (Å²) in [5, 5.41) is 0. The molecule has 0 aromatic carbocycles. The van der Waals surface area contributed by atoms with Crippen LogP contribution in [0.25, 0.3) is 22.1 Å². The summed E-state index contributed by atoms with van der Waals surface area (Å²) in [7, 11) is 0. The van der Waals surface area contributed by atoms with Gasteiger partial charge in [0, 0.05) is 22.8 Å². The number of aromatic nitrogens is 12. The van der Waals surface area contributed by atoms with Crippen molar-refractivity contribution in [2.75, 3.05) is 11.5 Å². The second-order valence-corrected chi connectivity index (χ2v) is 14.0. The van der Waals surface area contributed by atoms with Gasteiger partial charge in [-0.3, -0.25) is 17.6 Å². The highest BCUT2D eigenvalue weighted by Gasteiger charge is 2.14. The van der Waals surface area contributed by atoms with Gasteiger partial charge in [-0.05, 0) is 133 Å². The van der Waals surface area contributed by atoms with E-state index in [1.54, 1.807) is 0 Å². The first kappa shape index (κ1) is 39.3. The van der Waals surface area contributed by atoms with Gasteiger partial charge in [0.25, 0.3) is 0 Å². The fourth-order valence-corrected chi connectivity index (χ4v) is 7.09. The van der Waals surface area contributed by atoms with Crippen LogP contribution in [-0.2, 0) is 0 Å². The molecule has 0 aliphatic heterocycles. The molecule has 0 spiro atoms. The Bertz CT molecular complexity index is 2610. The van der Waals surface area contributed by atoms with Gasteiger partial charge in [0.1, 0.15) is 47.1 Å². The maximum Gasteiger partial charge on any atom is 0.206 e. The van der Waals surface area contributed by atoms with Gasteiger partial charge in [-0.1, -0.05) is 0 Å². The molecule has 0 atom stereocenters. The lowest BCUT2D eigenvalue weighted by Crippen LogP contribution is -2.03. The minimum absolute atomic E-state index is 0.519. The lowest BCUT2D eigenvalue weighted by molar-refractivity contribution is 0.906. The molecule has 14 nitrogen and oxygen atoms in total. The van der Waals surface area contributed by atoms with Crippen LogP contribution in [0.3, 0.4) is 0 Å². The Morgan fingerprint density at radius 2 is 0.852 bits per heavy atom. The quantitative estimate of drug-likeness (QED) is 0.165. The largest absolute Gasteiger partial charge is 0.382 e. The molecule has 8 aromatic rings. The first-order chi connectivity index (χ1) is 25.3. The summed E-state index contributed by atoms with van der Waals surface area (Å²) in [6.45, 7) is 32.2. The third-order valence-electron chi connectivity index (χ3n) is 10.3. The van der Waals surface area contributed by atoms with Crippen LogP contribution in [0.4, 0.5) is 11.8 Å². The van der Waals surface area contributed by atoms with Gasteiger partial charge in [0.2, 0.25) is 5.95 Å². The second kappa shape index (κ2) is 14.8. The predicted octanol–water partition coefficient (Wildman–Crippen LogP) is 7.02. The summed E-state index contributed by atoms with van der Waals surface area (Å²) in [5.74, 6) is 6.84. The first-order valence-corrected chi connectivity index (χ1v) is 18.0. The molecule has 0 saturated heterocycles. The Morgan fingerprint density at radius 1 is 0.389 bits per heavy atom. The maximum absolute atomic E-state index is 5.86. The average Bonchev–Trinajstić information content (AvgIpc) is 3.84. The van der Waals surface area contributed by atoms with Crippen LogP contribution in [0.15, 0.2) is 12.5 Å². The number of fused-ring (bicyclic) bond motifs is 4. The number of anilines is 2. The molecule has 4 N–H and O–H groups in total. The summed E-state index contributed by atoms with van der Waals surface area (Å²) in [5.41, 5.74) is 27.1. The minimum Gasteiger partial charge on any atom is -0.382 e. The first-order valence-electron chi connectivity index (χ1n) is 18.0. The third kappa shape index (κ3) is 6.95. The Hall–Kier alpha value is -5.92. The lowest BCUT2D eigenvalue weighted by Gasteiger charge is -2.07. The van der Waals surface area contributed by atoms with Crippen LogP contribution in [0.1, 0.15) is 91.4 Å². The molecular weight excluding hydrogens is 677 g/mol. The van der Waals surface area contributed by atoms with Crippen LogP contribution in [0, 0.1) is 111 Å². The zero-order valence-electron chi connectivity index (χ0n) is 34.7. The summed E-state index contributed by atoms with van der Waals surface area (Å²) in [6.07, 6.45) is 3.74. The van der Waals surface area contributed by atoms with Crippen molar-refractivity contribution < 1.29 is 0 Å². The van der Waals surface area contributed by atoms with E-state index in [9.17, 15) is 0 Å². The summed E-state index contributed by atoms with van der Waals surface area (Å²) in [4.78, 5) is 34.8. The topological polar surface area (TPSA) is 173 Å². The molecule has 0 bridgehead atoms. The van der Waals surface area contributed by atoms with E-state index in [1.807, 2.05) is 123 Å². The average molecular weight is 731 g/mol. The minimum atomic E-state index is 0.519. The van der Waals surface area contributed by atoms with Crippen molar-refractivity contribution >= 4 is 33.8 Å². The van der Waals surface area contributed by atoms with Crippen LogP contribution >= 0.6 is 0 Å². The van der Waals surface area contributed by atoms with E-state index in [0.717, 1.165) is 91.3 Å². The van der Waals surface area contributed by atoms with Gasteiger partial charge in [-0.15, -0.1) is 0 Å². The van der Waals surface area contributed by atoms with Crippen molar-refractivity contribution in [2.45, 2.75) is 111 Å². The highest BCUT2D eigenvalue weighted by atomic mass is 15.2. The number of nitrogens with zero attached hydrogens (tertiary/aromatic N) is 12. The number of nitrogen functional groups attached to an aromatic ring is 2. The molecule has 0 fully saturated rings. The number of rotatable bonds is 0. The Labute approximate surface area is 316 Å². The van der Waals surface area contributed by atoms with Gasteiger partial charge in [0.05, 0.1) is 39.7 Å². The van der Waals surface area contributed by atoms with Crippen molar-refractivity contribution in [3.8, 4) is 0 Å². The van der Waals surface area contributed by atoms with Crippen LogP contribution < -0.4 is 11.5 Å². The number of aryl methyl sites for hydroxylation is 16. The number of hydrogen-bond donors (Lipinski definition) is 2. The van der Waals surface area contributed by atoms with E-state index in [1.165, 1.54) is 22.2 Å². The Morgan fingerprint density at radius 3 is 1.44 bits per heavy atom. The van der Waals surface area contributed by atoms with Crippen molar-refractivity contribution in [1.82, 2.24) is 57.5 Å². The van der Waals surface area contributed by atoms with Gasteiger partial charge in [-0.25, -0.2) is 39.9 Å². The molecule has 0 saturated carbocycles. The van der Waals surface area contributed by atoms with Gasteiger partial charge < -0.3 is 11.5 Å². The van der Waals surface area contributed by atoms with Crippen molar-refractivity contribution in [3.05, 3.63) is 104 Å². The Kier molecular flexibility index (Phi) is 10.8. The Balaban J connectivity index is 0.000000139. The van der Waals surface area contributed by atoms with Crippen LogP contribution in [0.2, 0.25) is 0 Å². The predicted molar refractivity (Wildman–Crippen MR) is 217 cm³/mol. The SMILES string of the molecule is Cc1nc(C)n2c(C)nc(N)c2c1C.Cc1nc(C)n2c(C)ncc2c1C.Cc1nc(C)n2c(N)nc(C)c2c1C.Cc1nc(C)n2cnc(C)c2c1C. The van der Waals surface area contributed by atoms with Crippen LogP contribution in [0.5, 0.6) is 0 Å². The van der Waals surface area contributed by atoms with E-state index in [4.69, 9.17) is 11.5 Å². The molecule has 0 aliphatic rings. The molecule has 0 aliphatic carbocycles. The summed E-state index contributed by atoms with van der Waals surface area (Å²) in [6, 6.07) is 0. The molecule has 0 unspecified atom stereocenters. The van der Waals surface area contributed by atoms with Crippen molar-refractivity contribution in [3.63, 3.8) is 0 Å². The maximum atomic E-state index is 5.86. The number of hydrogen-bond acceptors (Lipinski definition) is 10. The third-order valence-corrected chi connectivity index (χ3v) is 10.3. The zero-order chi connectivity index (χ0) is 40.1. The van der Waals surface area contributed by atoms with Crippen molar-refractivity contribution in [1.29, 1.82) is 0 Å². The van der Waals surface area contributed by atoms with E-state index in [0.29, 0.717) is 11.8 Å². The van der Waals surface area contributed by atoms with Crippen molar-refractivity contribution in [2.24, 2.45) is 0 Å². The molecule has 284 valence electrons. The molecule has 8 rings (SSSR count). The number of imidazole rings is 4. The van der Waals surface area contributed by atoms with Crippen LogP contribution in [-0.4, -0.2) is 57.5 Å². The normalized spacial score (nSPS) is 11.1. The molecule has 0 radical (unpaired) electrons. The van der Waals surface area contributed by atoms with E-state index < -0.39 is 0 Å². The van der Waals surface area contributed by atoms with Gasteiger partial charge >= 0.3 is 0 Å². The molecule has 54 heavy (non-hydrogen) atoms. The second-order valence-electron chi connectivity index (χ2n) is 14.0. The van der Waals surface area contributed by atoms with E-state index in [2.05, 4.69) is 58.1 Å². The lowest BCUT2D eigenvalue weighted by atomic mass is 10.2. The molecular formula is C40H54N14. The smallest absolute Gasteiger partial charge is 0.206 e. The summed E-state index contributed by atoms with van der Waals surface area (Å²) >= 11 is 0. The molecule has 14 heteroatoms. The van der Waals surface area contributed by atoms with Gasteiger partial charge in [-0.2, -0.15) is 0 Å². The number of nitrogens with two attached hydrogens (primary N) is 2. The molecule has 8 heterocycles. The highest BCUT2D eigenvalue weighted by molar-refractivity contribution is 5.72. The van der Waals surface area contributed by atoms with E-state index >= 15 is 0 Å². The highest BCUT2D eigenvalue weighted by Crippen LogP contribution is 2.23. The zero-order valence-corrected chi connectivity index (χ0v) is 34.7. The van der Waals surface area contributed by atoms with Gasteiger partial charge in [0.15, 0.2) is 0 Å². The van der Waals surface area contributed by atoms with E-state index in [-0.39, 0.29) is 0 Å². The fraction of sp³-hybridized carbons (Fsp3) is 0.400. The standard InChI is InChI=1S/2C10H14N4.2C10H13N3/c1-5-6(2)12-7(3)14-8(4)13-10(11)9(5)14;1-5-6(2)12-8(4)14-9(5)7(3)13-10(14)11;1-6-7(2)12-9(4)13-5-11-8(3)10(6)13;1-6-7(2)12-9(4)13-8(3)11-5-10(6)13/h11H2,1-4H3;1-4H3,(H2,11,13);2*5H,1-4H3. The fourth-order valence-electron chi connectivity index (χ4n) is 7.09. The molecule has 0 amide bonds.